The third-order valence-electron chi connectivity index (χ3n) is 4.37. The summed E-state index contributed by atoms with van der Waals surface area (Å²) >= 11 is 5.63. The Morgan fingerprint density at radius 2 is 1.92 bits per heavy atom. The molecule has 1 saturated heterocycles. The number of ether oxygens (including phenoxy) is 1. The van der Waals surface area contributed by atoms with Crippen molar-refractivity contribution in [1.82, 2.24) is 10.2 Å². The molecule has 1 aliphatic heterocycles. The van der Waals surface area contributed by atoms with Gasteiger partial charge in [-0.05, 0) is 36.7 Å². The molecule has 132 valence electrons. The maximum absolute atomic E-state index is 10.1. The molecule has 1 fully saturated rings. The Morgan fingerprint density at radius 3 is 2.64 bits per heavy atom. The van der Waals surface area contributed by atoms with Gasteiger partial charge in [0.15, 0.2) is 5.11 Å². The number of hydrogen-bond donors (Lipinski definition) is 2. The molecule has 0 bridgehead atoms. The van der Waals surface area contributed by atoms with Crippen LogP contribution in [-0.4, -0.2) is 34.4 Å². The zero-order chi connectivity index (χ0) is 17.5. The predicted molar refractivity (Wildman–Crippen MR) is 103 cm³/mol. The first-order valence-corrected chi connectivity index (χ1v) is 9.08. The lowest BCUT2D eigenvalue weighted by atomic mass is 10.1. The Balaban J connectivity index is 1.66. The molecular formula is C20H24N2O2S. The Kier molecular flexibility index (Phi) is 6.25. The van der Waals surface area contributed by atoms with Crippen LogP contribution in [0, 0.1) is 0 Å². The van der Waals surface area contributed by atoms with E-state index < -0.39 is 0 Å². The maximum Gasteiger partial charge on any atom is 0.169 e. The topological polar surface area (TPSA) is 44.7 Å². The lowest BCUT2D eigenvalue weighted by Crippen LogP contribution is -2.42. The number of phenolic OH excluding ortho intramolecular Hbond substituents is 1. The highest BCUT2D eigenvalue weighted by atomic mass is 32.1. The Labute approximate surface area is 154 Å². The second kappa shape index (κ2) is 8.83. The number of thiocarbonyl (C=S) groups is 1. The average molecular weight is 356 g/mol. The van der Waals surface area contributed by atoms with E-state index in [2.05, 4.69) is 22.3 Å². The lowest BCUT2D eigenvalue weighted by Gasteiger charge is -2.28. The van der Waals surface area contributed by atoms with Crippen molar-refractivity contribution in [3.8, 4) is 5.75 Å². The van der Waals surface area contributed by atoms with Crippen LogP contribution < -0.4 is 5.32 Å². The van der Waals surface area contributed by atoms with E-state index in [1.807, 2.05) is 36.4 Å². The fourth-order valence-corrected chi connectivity index (χ4v) is 3.20. The summed E-state index contributed by atoms with van der Waals surface area (Å²) in [6.45, 7) is 2.80. The van der Waals surface area contributed by atoms with Gasteiger partial charge in [-0.15, -0.1) is 0 Å². The van der Waals surface area contributed by atoms with Crippen molar-refractivity contribution in [3.05, 3.63) is 65.7 Å². The van der Waals surface area contributed by atoms with Gasteiger partial charge in [0.2, 0.25) is 0 Å². The van der Waals surface area contributed by atoms with Gasteiger partial charge in [0, 0.05) is 31.8 Å². The number of nitrogens with one attached hydrogen (secondary N) is 1. The molecular weight excluding hydrogens is 332 g/mol. The number of phenols is 1. The molecule has 25 heavy (non-hydrogen) atoms. The number of rotatable bonds is 6. The van der Waals surface area contributed by atoms with Gasteiger partial charge in [-0.1, -0.05) is 48.5 Å². The minimum absolute atomic E-state index is 0.197. The van der Waals surface area contributed by atoms with Crippen molar-refractivity contribution in [3.63, 3.8) is 0 Å². The molecule has 0 aliphatic carbocycles. The third kappa shape index (κ3) is 5.18. The van der Waals surface area contributed by atoms with Gasteiger partial charge >= 0.3 is 0 Å². The molecule has 1 atom stereocenters. The van der Waals surface area contributed by atoms with E-state index in [1.54, 1.807) is 6.07 Å². The van der Waals surface area contributed by atoms with E-state index in [1.165, 1.54) is 5.56 Å². The van der Waals surface area contributed by atoms with Crippen LogP contribution in [0.1, 0.15) is 24.0 Å². The average Bonchev–Trinajstić information content (AvgIpc) is 3.15. The van der Waals surface area contributed by atoms with Crippen LogP contribution in [0.25, 0.3) is 0 Å². The van der Waals surface area contributed by atoms with Crippen LogP contribution in [0.15, 0.2) is 54.6 Å². The van der Waals surface area contributed by atoms with E-state index in [-0.39, 0.29) is 6.10 Å². The minimum atomic E-state index is 0.197. The number of para-hydroxylation sites is 1. The maximum atomic E-state index is 10.1. The molecule has 3 rings (SSSR count). The summed E-state index contributed by atoms with van der Waals surface area (Å²) in [5.74, 6) is 0.297. The normalized spacial score (nSPS) is 16.6. The van der Waals surface area contributed by atoms with Crippen LogP contribution in [0.3, 0.4) is 0 Å². The zero-order valence-corrected chi connectivity index (χ0v) is 15.0. The van der Waals surface area contributed by atoms with Crippen molar-refractivity contribution < 1.29 is 9.84 Å². The second-order valence-corrected chi connectivity index (χ2v) is 6.68. The molecule has 0 radical (unpaired) electrons. The van der Waals surface area contributed by atoms with E-state index in [4.69, 9.17) is 17.0 Å². The first-order valence-electron chi connectivity index (χ1n) is 8.67. The van der Waals surface area contributed by atoms with Gasteiger partial charge in [0.25, 0.3) is 0 Å². The largest absolute Gasteiger partial charge is 0.508 e. The SMILES string of the molecule is Oc1ccccc1CN(C[C@@H]1CCCO1)C(=S)NCc1ccccc1. The fourth-order valence-electron chi connectivity index (χ4n) is 2.99. The molecule has 2 aromatic carbocycles. The molecule has 1 heterocycles. The molecule has 0 saturated carbocycles. The molecule has 2 N–H and O–H groups in total. The Morgan fingerprint density at radius 1 is 1.16 bits per heavy atom. The summed E-state index contributed by atoms with van der Waals surface area (Å²) in [6.07, 6.45) is 2.35. The van der Waals surface area contributed by atoms with Gasteiger partial charge in [0.05, 0.1) is 6.10 Å². The smallest absolute Gasteiger partial charge is 0.169 e. The Bertz CT molecular complexity index is 687. The van der Waals surface area contributed by atoms with Crippen LogP contribution in [0.2, 0.25) is 0 Å². The quantitative estimate of drug-likeness (QED) is 0.776. The van der Waals surface area contributed by atoms with Crippen molar-refractivity contribution >= 4 is 17.3 Å². The van der Waals surface area contributed by atoms with Crippen LogP contribution >= 0.6 is 12.2 Å². The molecule has 5 heteroatoms. The zero-order valence-electron chi connectivity index (χ0n) is 14.2. The third-order valence-corrected chi connectivity index (χ3v) is 4.78. The van der Waals surface area contributed by atoms with Crippen molar-refractivity contribution in [1.29, 1.82) is 0 Å². The minimum Gasteiger partial charge on any atom is -0.508 e. The van der Waals surface area contributed by atoms with Gasteiger partial charge in [-0.3, -0.25) is 0 Å². The van der Waals surface area contributed by atoms with E-state index >= 15 is 0 Å². The molecule has 2 aromatic rings. The summed E-state index contributed by atoms with van der Waals surface area (Å²) in [7, 11) is 0. The summed E-state index contributed by atoms with van der Waals surface area (Å²) in [5, 5.41) is 14.1. The summed E-state index contributed by atoms with van der Waals surface area (Å²) in [4.78, 5) is 2.09. The standard InChI is InChI=1S/C20H24N2O2S/c23-19-11-5-4-9-17(19)14-22(15-18-10-6-12-24-18)20(25)21-13-16-7-2-1-3-8-16/h1-5,7-9,11,18,23H,6,10,12-15H2,(H,21,25)/t18-/m0/s1. The molecule has 0 spiro atoms. The number of aromatic hydroxyl groups is 1. The van der Waals surface area contributed by atoms with E-state index in [9.17, 15) is 5.11 Å². The molecule has 0 amide bonds. The van der Waals surface area contributed by atoms with Gasteiger partial charge < -0.3 is 20.1 Å². The van der Waals surface area contributed by atoms with Crippen LogP contribution in [-0.2, 0) is 17.8 Å². The van der Waals surface area contributed by atoms with E-state index in [0.29, 0.717) is 24.0 Å². The van der Waals surface area contributed by atoms with Crippen LogP contribution in [0.5, 0.6) is 5.75 Å². The number of nitrogens with zero attached hydrogens (tertiary/aromatic N) is 1. The summed E-state index contributed by atoms with van der Waals surface area (Å²) in [5.41, 5.74) is 2.05. The van der Waals surface area contributed by atoms with Gasteiger partial charge in [-0.2, -0.15) is 0 Å². The van der Waals surface area contributed by atoms with Crippen molar-refractivity contribution in [2.24, 2.45) is 0 Å². The Hall–Kier alpha value is -2.11. The van der Waals surface area contributed by atoms with Gasteiger partial charge in [-0.25, -0.2) is 0 Å². The molecule has 0 aromatic heterocycles. The van der Waals surface area contributed by atoms with E-state index in [0.717, 1.165) is 31.6 Å². The monoisotopic (exact) mass is 356 g/mol. The highest BCUT2D eigenvalue weighted by Gasteiger charge is 2.21. The molecule has 4 nitrogen and oxygen atoms in total. The highest BCUT2D eigenvalue weighted by molar-refractivity contribution is 7.80. The molecule has 1 aliphatic rings. The highest BCUT2D eigenvalue weighted by Crippen LogP contribution is 2.20. The lowest BCUT2D eigenvalue weighted by molar-refractivity contribution is 0.0896. The fraction of sp³-hybridized carbons (Fsp3) is 0.350. The van der Waals surface area contributed by atoms with Crippen molar-refractivity contribution in [2.75, 3.05) is 13.2 Å². The second-order valence-electron chi connectivity index (χ2n) is 6.29. The van der Waals surface area contributed by atoms with Gasteiger partial charge in [0.1, 0.15) is 5.75 Å². The number of benzene rings is 2. The number of hydrogen-bond acceptors (Lipinski definition) is 3. The first kappa shape index (κ1) is 17.7. The molecule has 0 unspecified atom stereocenters. The predicted octanol–water partition coefficient (Wildman–Crippen LogP) is 3.45. The van der Waals surface area contributed by atoms with Crippen molar-refractivity contribution in [2.45, 2.75) is 32.0 Å². The summed E-state index contributed by atoms with van der Waals surface area (Å²) in [6, 6.07) is 17.6. The summed E-state index contributed by atoms with van der Waals surface area (Å²) < 4.78 is 5.77. The van der Waals surface area contributed by atoms with Crippen LogP contribution in [0.4, 0.5) is 0 Å². The first-order chi connectivity index (χ1) is 12.2.